The number of alkyl halides is 3. The minimum absolute atomic E-state index is 0.186. The van der Waals surface area contributed by atoms with Gasteiger partial charge in [-0.2, -0.15) is 13.2 Å². The molecule has 0 aliphatic heterocycles. The van der Waals surface area contributed by atoms with E-state index in [0.29, 0.717) is 33.9 Å². The van der Waals surface area contributed by atoms with Gasteiger partial charge >= 0.3 is 6.18 Å². The summed E-state index contributed by atoms with van der Waals surface area (Å²) in [6.45, 7) is -0.587. The van der Waals surface area contributed by atoms with Gasteiger partial charge in [0, 0.05) is 36.0 Å². The molecule has 0 aliphatic carbocycles. The van der Waals surface area contributed by atoms with E-state index in [9.17, 15) is 18.0 Å². The zero-order valence-corrected chi connectivity index (χ0v) is 17.4. The minimum atomic E-state index is -4.38. The van der Waals surface area contributed by atoms with Crippen molar-refractivity contribution < 1.29 is 27.4 Å². The van der Waals surface area contributed by atoms with Crippen LogP contribution < -0.4 is 31.6 Å². The summed E-state index contributed by atoms with van der Waals surface area (Å²) in [5.74, 6) is 0.309. The molecule has 0 saturated carbocycles. The van der Waals surface area contributed by atoms with E-state index in [4.69, 9.17) is 20.9 Å². The van der Waals surface area contributed by atoms with Gasteiger partial charge in [-0.05, 0) is 18.2 Å². The number of nitrogens with one attached hydrogen (secondary N) is 2. The third-order valence-corrected chi connectivity index (χ3v) is 4.53. The summed E-state index contributed by atoms with van der Waals surface area (Å²) < 4.78 is 47.7. The number of carbonyl (C=O) groups is 1. The Morgan fingerprint density at radius 3 is 2.39 bits per heavy atom. The Kier molecular flexibility index (Phi) is 7.62. The molecule has 0 saturated heterocycles. The molecule has 0 unspecified atom stereocenters. The number of rotatable bonds is 8. The molecule has 0 heterocycles. The van der Waals surface area contributed by atoms with Crippen molar-refractivity contribution in [2.24, 2.45) is 5.73 Å². The lowest BCUT2D eigenvalue weighted by atomic mass is 9.97. The Labute approximate surface area is 178 Å². The van der Waals surface area contributed by atoms with Gasteiger partial charge in [-0.25, -0.2) is 0 Å². The van der Waals surface area contributed by atoms with Gasteiger partial charge in [0.05, 0.1) is 26.3 Å². The molecule has 2 aromatic rings. The lowest BCUT2D eigenvalue weighted by Gasteiger charge is -2.18. The van der Waals surface area contributed by atoms with Gasteiger partial charge in [0.25, 0.3) is 5.91 Å². The first-order valence-electron chi connectivity index (χ1n) is 9.26. The number of ether oxygens (including phenoxy) is 2. The SMILES string of the molecule is CN/C(=C(/N)C(=O)NCCC(F)(F)F)c1cccc(-c2cc(OC)ccc2OC)c1N. The molecule has 2 aromatic carbocycles. The number of benzene rings is 2. The Morgan fingerprint density at radius 1 is 1.10 bits per heavy atom. The number of nitrogens with two attached hydrogens (primary N) is 2. The maximum atomic E-state index is 12.3. The van der Waals surface area contributed by atoms with E-state index in [1.807, 2.05) is 0 Å². The summed E-state index contributed by atoms with van der Waals surface area (Å²) in [5, 5.41) is 4.98. The Bertz CT molecular complexity index is 975. The van der Waals surface area contributed by atoms with E-state index in [2.05, 4.69) is 10.6 Å². The standard InChI is InChI=1S/C21H25F3N4O3/c1-27-19(18(26)20(29)28-10-9-21(22,23)24)14-6-4-5-13(17(14)25)15-11-12(30-2)7-8-16(15)31-3/h4-8,11,27H,9-10,25-26H2,1-3H3,(H,28,29)/b19-18+. The number of hydrogen-bond acceptors (Lipinski definition) is 6. The summed E-state index contributed by atoms with van der Waals surface area (Å²) in [6.07, 6.45) is -5.54. The van der Waals surface area contributed by atoms with Crippen LogP contribution in [0.1, 0.15) is 12.0 Å². The summed E-state index contributed by atoms with van der Waals surface area (Å²) >= 11 is 0. The Hall–Kier alpha value is -3.56. The first kappa shape index (κ1) is 23.7. The Morgan fingerprint density at radius 2 is 1.81 bits per heavy atom. The molecule has 168 valence electrons. The zero-order chi connectivity index (χ0) is 23.2. The fourth-order valence-electron chi connectivity index (χ4n) is 2.98. The normalized spacial score (nSPS) is 12.1. The van der Waals surface area contributed by atoms with Crippen molar-refractivity contribution in [1.82, 2.24) is 10.6 Å². The summed E-state index contributed by atoms with van der Waals surface area (Å²) in [5.41, 5.74) is 14.2. The van der Waals surface area contributed by atoms with Crippen molar-refractivity contribution in [3.8, 4) is 22.6 Å². The summed E-state index contributed by atoms with van der Waals surface area (Å²) in [6, 6.07) is 10.4. The number of para-hydroxylation sites is 1. The molecular weight excluding hydrogens is 413 g/mol. The number of halogens is 3. The molecule has 0 atom stereocenters. The number of nitrogen functional groups attached to an aromatic ring is 1. The van der Waals surface area contributed by atoms with Gasteiger partial charge in [-0.1, -0.05) is 18.2 Å². The molecule has 0 aromatic heterocycles. The quantitative estimate of drug-likeness (QED) is 0.373. The average Bonchev–Trinajstić information content (AvgIpc) is 2.73. The van der Waals surface area contributed by atoms with Crippen LogP contribution in [0.15, 0.2) is 42.1 Å². The second-order valence-corrected chi connectivity index (χ2v) is 6.49. The second-order valence-electron chi connectivity index (χ2n) is 6.49. The number of hydrogen-bond donors (Lipinski definition) is 4. The smallest absolute Gasteiger partial charge is 0.390 e. The fourth-order valence-corrected chi connectivity index (χ4v) is 2.98. The fraction of sp³-hybridized carbons (Fsp3) is 0.286. The van der Waals surface area contributed by atoms with Gasteiger partial charge < -0.3 is 31.6 Å². The number of anilines is 1. The molecular formula is C21H25F3N4O3. The molecule has 0 radical (unpaired) electrons. The van der Waals surface area contributed by atoms with Crippen LogP contribution in [0.25, 0.3) is 16.8 Å². The van der Waals surface area contributed by atoms with Crippen LogP contribution >= 0.6 is 0 Å². The van der Waals surface area contributed by atoms with Gasteiger partial charge in [-0.3, -0.25) is 4.79 Å². The largest absolute Gasteiger partial charge is 0.497 e. The van der Waals surface area contributed by atoms with E-state index < -0.39 is 25.0 Å². The monoisotopic (exact) mass is 438 g/mol. The van der Waals surface area contributed by atoms with E-state index in [-0.39, 0.29) is 11.4 Å². The van der Waals surface area contributed by atoms with Crippen LogP contribution in [-0.2, 0) is 4.79 Å². The molecule has 0 spiro atoms. The molecule has 31 heavy (non-hydrogen) atoms. The molecule has 0 bridgehead atoms. The zero-order valence-electron chi connectivity index (χ0n) is 17.4. The average molecular weight is 438 g/mol. The highest BCUT2D eigenvalue weighted by molar-refractivity contribution is 6.02. The maximum absolute atomic E-state index is 12.3. The summed E-state index contributed by atoms with van der Waals surface area (Å²) in [4.78, 5) is 12.3. The van der Waals surface area contributed by atoms with Crippen molar-refractivity contribution in [2.45, 2.75) is 12.6 Å². The van der Waals surface area contributed by atoms with Crippen LogP contribution in [0.2, 0.25) is 0 Å². The lowest BCUT2D eigenvalue weighted by Crippen LogP contribution is -2.33. The first-order valence-corrected chi connectivity index (χ1v) is 9.26. The van der Waals surface area contributed by atoms with Crippen LogP contribution in [0, 0.1) is 0 Å². The van der Waals surface area contributed by atoms with E-state index in [1.54, 1.807) is 36.4 Å². The van der Waals surface area contributed by atoms with Crippen molar-refractivity contribution in [3.63, 3.8) is 0 Å². The molecule has 6 N–H and O–H groups in total. The topological polar surface area (TPSA) is 112 Å². The van der Waals surface area contributed by atoms with Crippen LogP contribution in [0.3, 0.4) is 0 Å². The van der Waals surface area contributed by atoms with E-state index in [0.717, 1.165) is 0 Å². The number of methoxy groups -OCH3 is 2. The molecule has 7 nitrogen and oxygen atoms in total. The van der Waals surface area contributed by atoms with Gasteiger partial charge in [0.15, 0.2) is 0 Å². The van der Waals surface area contributed by atoms with Crippen molar-refractivity contribution >= 4 is 17.3 Å². The Balaban J connectivity index is 2.47. The third kappa shape index (κ3) is 5.74. The molecule has 0 aliphatic rings. The summed E-state index contributed by atoms with van der Waals surface area (Å²) in [7, 11) is 4.59. The van der Waals surface area contributed by atoms with Crippen LogP contribution in [0.5, 0.6) is 11.5 Å². The first-order chi connectivity index (χ1) is 14.6. The lowest BCUT2D eigenvalue weighted by molar-refractivity contribution is -0.135. The molecule has 1 amide bonds. The van der Waals surface area contributed by atoms with E-state index >= 15 is 0 Å². The van der Waals surface area contributed by atoms with Crippen molar-refractivity contribution in [3.05, 3.63) is 47.7 Å². The predicted octanol–water partition coefficient (Wildman–Crippen LogP) is 2.87. The molecule has 0 fully saturated rings. The molecule has 10 heteroatoms. The third-order valence-electron chi connectivity index (χ3n) is 4.53. The van der Waals surface area contributed by atoms with Crippen molar-refractivity contribution in [2.75, 3.05) is 33.5 Å². The minimum Gasteiger partial charge on any atom is -0.497 e. The van der Waals surface area contributed by atoms with Crippen molar-refractivity contribution in [1.29, 1.82) is 0 Å². The molecule has 2 rings (SSSR count). The van der Waals surface area contributed by atoms with E-state index in [1.165, 1.54) is 21.3 Å². The van der Waals surface area contributed by atoms with Gasteiger partial charge in [0.2, 0.25) is 0 Å². The number of carbonyl (C=O) groups excluding carboxylic acids is 1. The highest BCUT2D eigenvalue weighted by atomic mass is 19.4. The van der Waals surface area contributed by atoms with Crippen LogP contribution in [-0.4, -0.2) is 39.9 Å². The number of amides is 1. The van der Waals surface area contributed by atoms with Gasteiger partial charge in [0.1, 0.15) is 17.2 Å². The highest BCUT2D eigenvalue weighted by Gasteiger charge is 2.27. The second kappa shape index (κ2) is 9.96. The van der Waals surface area contributed by atoms with Gasteiger partial charge in [-0.15, -0.1) is 0 Å². The van der Waals surface area contributed by atoms with Crippen LogP contribution in [0.4, 0.5) is 18.9 Å². The predicted molar refractivity (Wildman–Crippen MR) is 113 cm³/mol. The highest BCUT2D eigenvalue weighted by Crippen LogP contribution is 2.39. The maximum Gasteiger partial charge on any atom is 0.390 e.